The highest BCUT2D eigenvalue weighted by molar-refractivity contribution is 5.67. The molecule has 0 aliphatic carbocycles. The molecule has 0 saturated carbocycles. The monoisotopic (exact) mass is 289 g/mol. The van der Waals surface area contributed by atoms with Gasteiger partial charge < -0.3 is 15.2 Å². The lowest BCUT2D eigenvalue weighted by Crippen LogP contribution is -2.32. The molecule has 0 saturated heterocycles. The van der Waals surface area contributed by atoms with Crippen molar-refractivity contribution in [2.45, 2.75) is 46.3 Å². The number of ether oxygens (including phenoxy) is 1. The summed E-state index contributed by atoms with van der Waals surface area (Å²) in [5.74, 6) is 6.07. The summed E-state index contributed by atoms with van der Waals surface area (Å²) in [5, 5.41) is 11.8. The van der Waals surface area contributed by atoms with Gasteiger partial charge in [0.05, 0.1) is 6.61 Å². The number of benzene rings is 1. The minimum Gasteiger partial charge on any atom is -0.444 e. The highest BCUT2D eigenvalue weighted by atomic mass is 16.6. The third-order valence-corrected chi connectivity index (χ3v) is 2.63. The highest BCUT2D eigenvalue weighted by Gasteiger charge is 2.15. The van der Waals surface area contributed by atoms with E-state index in [9.17, 15) is 4.79 Å². The van der Waals surface area contributed by atoms with Gasteiger partial charge >= 0.3 is 6.09 Å². The Morgan fingerprint density at radius 1 is 1.38 bits per heavy atom. The fourth-order valence-electron chi connectivity index (χ4n) is 1.60. The molecule has 0 fully saturated rings. The molecule has 0 aliphatic heterocycles. The van der Waals surface area contributed by atoms with Gasteiger partial charge in [0, 0.05) is 18.5 Å². The molecule has 1 aromatic rings. The summed E-state index contributed by atoms with van der Waals surface area (Å²) in [4.78, 5) is 11.4. The first-order valence-corrected chi connectivity index (χ1v) is 6.98. The molecular formula is C17H23NO3. The van der Waals surface area contributed by atoms with Gasteiger partial charge in [0.25, 0.3) is 0 Å². The average molecular weight is 289 g/mol. The topological polar surface area (TPSA) is 58.6 Å². The minimum atomic E-state index is -0.488. The Hall–Kier alpha value is -1.99. The van der Waals surface area contributed by atoms with Crippen LogP contribution in [0.2, 0.25) is 0 Å². The predicted octanol–water partition coefficient (Wildman–Crippen LogP) is 2.75. The Morgan fingerprint density at radius 2 is 2.10 bits per heavy atom. The molecule has 4 heteroatoms. The van der Waals surface area contributed by atoms with Crippen molar-refractivity contribution in [2.24, 2.45) is 0 Å². The number of alkyl carbamates (subject to hydrolysis) is 1. The van der Waals surface area contributed by atoms with E-state index in [0.29, 0.717) is 13.0 Å². The van der Waals surface area contributed by atoms with Crippen molar-refractivity contribution < 1.29 is 14.6 Å². The second kappa shape index (κ2) is 7.70. The molecule has 0 aromatic heterocycles. The van der Waals surface area contributed by atoms with Crippen LogP contribution in [0, 0.1) is 18.8 Å². The Morgan fingerprint density at radius 3 is 2.71 bits per heavy atom. The van der Waals surface area contributed by atoms with Crippen molar-refractivity contribution in [3.8, 4) is 11.8 Å². The Balaban J connectivity index is 2.45. The summed E-state index contributed by atoms with van der Waals surface area (Å²) >= 11 is 0. The van der Waals surface area contributed by atoms with Crippen molar-refractivity contribution in [3.63, 3.8) is 0 Å². The molecule has 0 heterocycles. The smallest absolute Gasteiger partial charge is 0.407 e. The van der Waals surface area contributed by atoms with Gasteiger partial charge in [-0.2, -0.15) is 0 Å². The largest absolute Gasteiger partial charge is 0.444 e. The molecule has 0 aliphatic rings. The number of nitrogens with one attached hydrogen (secondary N) is 1. The van der Waals surface area contributed by atoms with Gasteiger partial charge in [-0.05, 0) is 44.9 Å². The van der Waals surface area contributed by atoms with Crippen molar-refractivity contribution in [3.05, 3.63) is 34.9 Å². The number of hydrogen-bond donors (Lipinski definition) is 2. The van der Waals surface area contributed by atoms with Crippen LogP contribution >= 0.6 is 0 Å². The van der Waals surface area contributed by atoms with Crippen LogP contribution in [0.1, 0.15) is 43.9 Å². The van der Waals surface area contributed by atoms with Crippen LogP contribution in [-0.4, -0.2) is 23.3 Å². The molecule has 0 bridgehead atoms. The lowest BCUT2D eigenvalue weighted by Gasteiger charge is -2.19. The third-order valence-electron chi connectivity index (χ3n) is 2.63. The van der Waals surface area contributed by atoms with Gasteiger partial charge in [0.15, 0.2) is 0 Å². The quantitative estimate of drug-likeness (QED) is 0.664. The number of rotatable bonds is 3. The number of hydrogen-bond acceptors (Lipinski definition) is 3. The van der Waals surface area contributed by atoms with Crippen molar-refractivity contribution >= 4 is 6.09 Å². The van der Waals surface area contributed by atoms with Crippen molar-refractivity contribution in [2.75, 3.05) is 6.54 Å². The maximum absolute atomic E-state index is 11.4. The first kappa shape index (κ1) is 17.1. The number of carbonyl (C=O) groups excluding carboxylic acids is 1. The molecule has 1 rings (SSSR count). The van der Waals surface area contributed by atoms with Gasteiger partial charge in [-0.15, -0.1) is 0 Å². The summed E-state index contributed by atoms with van der Waals surface area (Å²) in [6, 6.07) is 5.70. The molecule has 1 aromatic carbocycles. The van der Waals surface area contributed by atoms with Crippen LogP contribution in [-0.2, 0) is 11.3 Å². The summed E-state index contributed by atoms with van der Waals surface area (Å²) in [5.41, 5.74) is 2.33. The van der Waals surface area contributed by atoms with E-state index < -0.39 is 11.7 Å². The molecule has 1 amide bonds. The van der Waals surface area contributed by atoms with Crippen LogP contribution in [0.5, 0.6) is 0 Å². The van der Waals surface area contributed by atoms with Crippen LogP contribution in [0.3, 0.4) is 0 Å². The Bertz CT molecular complexity index is 547. The van der Waals surface area contributed by atoms with Gasteiger partial charge in [0.1, 0.15) is 5.60 Å². The number of aliphatic hydroxyl groups excluding tert-OH is 1. The van der Waals surface area contributed by atoms with Crippen LogP contribution in [0.25, 0.3) is 0 Å². The highest BCUT2D eigenvalue weighted by Crippen LogP contribution is 2.10. The van der Waals surface area contributed by atoms with Crippen molar-refractivity contribution in [1.82, 2.24) is 5.32 Å². The number of aliphatic hydroxyl groups is 1. The van der Waals surface area contributed by atoms with Crippen LogP contribution in [0.15, 0.2) is 18.2 Å². The van der Waals surface area contributed by atoms with E-state index in [4.69, 9.17) is 9.84 Å². The first-order chi connectivity index (χ1) is 9.81. The van der Waals surface area contributed by atoms with Crippen LogP contribution < -0.4 is 5.32 Å². The summed E-state index contributed by atoms with van der Waals surface area (Å²) in [6.07, 6.45) is 0.116. The zero-order valence-electron chi connectivity index (χ0n) is 13.1. The van der Waals surface area contributed by atoms with E-state index in [0.717, 1.165) is 16.7 Å². The Labute approximate surface area is 126 Å². The van der Waals surface area contributed by atoms with Gasteiger partial charge in [-0.25, -0.2) is 4.79 Å². The maximum atomic E-state index is 11.4. The minimum absolute atomic E-state index is 0.00909. The average Bonchev–Trinajstić information content (AvgIpc) is 2.38. The third kappa shape index (κ3) is 6.82. The SMILES string of the molecule is Cc1ccc(CO)cc1C#CCCNC(=O)OC(C)(C)C. The Kier molecular flexibility index (Phi) is 6.26. The molecule has 21 heavy (non-hydrogen) atoms. The van der Waals surface area contributed by atoms with Gasteiger partial charge in [0.2, 0.25) is 0 Å². The lowest BCUT2D eigenvalue weighted by atomic mass is 10.1. The van der Waals surface area contributed by atoms with E-state index >= 15 is 0 Å². The molecular weight excluding hydrogens is 266 g/mol. The van der Waals surface area contributed by atoms with E-state index in [-0.39, 0.29) is 6.61 Å². The normalized spacial score (nSPS) is 10.5. The fraction of sp³-hybridized carbons (Fsp3) is 0.471. The van der Waals surface area contributed by atoms with E-state index in [1.54, 1.807) is 0 Å². The van der Waals surface area contributed by atoms with E-state index in [1.165, 1.54) is 0 Å². The second-order valence-electron chi connectivity index (χ2n) is 5.79. The fourth-order valence-corrected chi connectivity index (χ4v) is 1.60. The maximum Gasteiger partial charge on any atom is 0.407 e. The zero-order valence-corrected chi connectivity index (χ0v) is 13.1. The number of amides is 1. The van der Waals surface area contributed by atoms with Crippen LogP contribution in [0.4, 0.5) is 4.79 Å². The molecule has 0 unspecified atom stereocenters. The molecule has 0 spiro atoms. The zero-order chi connectivity index (χ0) is 15.9. The van der Waals surface area contributed by atoms with Crippen molar-refractivity contribution in [1.29, 1.82) is 0 Å². The van der Waals surface area contributed by atoms with Gasteiger partial charge in [-0.3, -0.25) is 0 Å². The van der Waals surface area contributed by atoms with Gasteiger partial charge in [-0.1, -0.05) is 24.0 Å². The van der Waals surface area contributed by atoms with E-state index in [1.807, 2.05) is 45.9 Å². The first-order valence-electron chi connectivity index (χ1n) is 6.98. The summed E-state index contributed by atoms with van der Waals surface area (Å²) in [7, 11) is 0. The standard InChI is InChI=1S/C17H23NO3/c1-13-8-9-14(12-19)11-15(13)7-5-6-10-18-16(20)21-17(2,3)4/h8-9,11,19H,6,10,12H2,1-4H3,(H,18,20). The number of carbonyl (C=O) groups is 1. The number of aryl methyl sites for hydroxylation is 1. The lowest BCUT2D eigenvalue weighted by molar-refractivity contribution is 0.0529. The predicted molar refractivity (Wildman–Crippen MR) is 82.8 cm³/mol. The summed E-state index contributed by atoms with van der Waals surface area (Å²) < 4.78 is 5.13. The molecule has 114 valence electrons. The molecule has 0 radical (unpaired) electrons. The molecule has 4 nitrogen and oxygen atoms in total. The molecule has 0 atom stereocenters. The summed E-state index contributed by atoms with van der Waals surface area (Å²) in [6.45, 7) is 7.90. The second-order valence-corrected chi connectivity index (χ2v) is 5.79. The van der Waals surface area contributed by atoms with E-state index in [2.05, 4.69) is 17.2 Å². The molecule has 2 N–H and O–H groups in total.